The molecule has 20 heavy (non-hydrogen) atoms. The van der Waals surface area contributed by atoms with E-state index in [1.807, 2.05) is 6.33 Å². The average Bonchev–Trinajstić information content (AvgIpc) is 3.01. The molecule has 1 aliphatic heterocycles. The standard InChI is InChI=1S/C14H22N6/c1-5-19-9-17-12-13(19)15-8-16-14(12)20-7-6-11(10(20)2)18(3)4/h8-11H,5-7H2,1-4H3/t10-,11-/m0/s1. The van der Waals surface area contributed by atoms with Gasteiger partial charge in [-0.2, -0.15) is 0 Å². The highest BCUT2D eigenvalue weighted by atomic mass is 15.3. The van der Waals surface area contributed by atoms with Gasteiger partial charge >= 0.3 is 0 Å². The summed E-state index contributed by atoms with van der Waals surface area (Å²) < 4.78 is 2.06. The molecule has 0 amide bonds. The van der Waals surface area contributed by atoms with E-state index in [1.165, 1.54) is 0 Å². The Bertz CT molecular complexity index is 605. The summed E-state index contributed by atoms with van der Waals surface area (Å²) in [7, 11) is 4.29. The van der Waals surface area contributed by atoms with Gasteiger partial charge < -0.3 is 14.4 Å². The van der Waals surface area contributed by atoms with Crippen LogP contribution >= 0.6 is 0 Å². The summed E-state index contributed by atoms with van der Waals surface area (Å²) in [4.78, 5) is 18.1. The van der Waals surface area contributed by atoms with Gasteiger partial charge in [0.25, 0.3) is 0 Å². The van der Waals surface area contributed by atoms with Crippen molar-refractivity contribution in [2.24, 2.45) is 0 Å². The van der Waals surface area contributed by atoms with Crippen LogP contribution in [-0.4, -0.2) is 57.1 Å². The van der Waals surface area contributed by atoms with Crippen LogP contribution in [0.3, 0.4) is 0 Å². The molecule has 1 aliphatic rings. The summed E-state index contributed by atoms with van der Waals surface area (Å²) in [5, 5.41) is 0. The average molecular weight is 274 g/mol. The lowest BCUT2D eigenvalue weighted by molar-refractivity contribution is 0.283. The van der Waals surface area contributed by atoms with Gasteiger partial charge in [0.15, 0.2) is 17.0 Å². The molecule has 6 heteroatoms. The minimum Gasteiger partial charge on any atom is -0.350 e. The van der Waals surface area contributed by atoms with Crippen molar-refractivity contribution in [3.63, 3.8) is 0 Å². The molecule has 0 spiro atoms. The molecule has 0 aliphatic carbocycles. The summed E-state index contributed by atoms with van der Waals surface area (Å²) in [6, 6.07) is 1.00. The lowest BCUT2D eigenvalue weighted by atomic mass is 10.1. The number of hydrogen-bond acceptors (Lipinski definition) is 5. The molecule has 2 aromatic rings. The molecule has 1 fully saturated rings. The molecule has 1 saturated heterocycles. The molecule has 2 aromatic heterocycles. The SMILES string of the molecule is CCn1cnc2c(N3CC[C@H](N(C)C)[C@@H]3C)ncnc21. The van der Waals surface area contributed by atoms with Crippen molar-refractivity contribution in [2.45, 2.75) is 38.9 Å². The fraction of sp³-hybridized carbons (Fsp3) is 0.643. The summed E-state index contributed by atoms with van der Waals surface area (Å²) in [6.45, 7) is 6.27. The van der Waals surface area contributed by atoms with Crippen molar-refractivity contribution in [3.05, 3.63) is 12.7 Å². The highest BCUT2D eigenvalue weighted by Gasteiger charge is 2.34. The first kappa shape index (κ1) is 13.3. The number of aryl methyl sites for hydroxylation is 1. The van der Waals surface area contributed by atoms with E-state index in [9.17, 15) is 0 Å². The molecule has 0 unspecified atom stereocenters. The summed E-state index contributed by atoms with van der Waals surface area (Å²) >= 11 is 0. The zero-order valence-corrected chi connectivity index (χ0v) is 12.6. The van der Waals surface area contributed by atoms with Gasteiger partial charge in [0.2, 0.25) is 0 Å². The van der Waals surface area contributed by atoms with Crippen LogP contribution in [0.5, 0.6) is 0 Å². The van der Waals surface area contributed by atoms with Crippen molar-refractivity contribution in [2.75, 3.05) is 25.5 Å². The third-order valence-corrected chi connectivity index (χ3v) is 4.37. The van der Waals surface area contributed by atoms with Crippen molar-refractivity contribution in [1.29, 1.82) is 0 Å². The zero-order chi connectivity index (χ0) is 14.3. The van der Waals surface area contributed by atoms with E-state index >= 15 is 0 Å². The molecule has 0 saturated carbocycles. The van der Waals surface area contributed by atoms with Crippen LogP contribution in [0.4, 0.5) is 5.82 Å². The highest BCUT2D eigenvalue weighted by molar-refractivity contribution is 5.83. The Labute approximate surface area is 119 Å². The first-order valence-electron chi connectivity index (χ1n) is 7.22. The number of fused-ring (bicyclic) bond motifs is 1. The predicted molar refractivity (Wildman–Crippen MR) is 79.9 cm³/mol. The normalized spacial score (nSPS) is 23.1. The Morgan fingerprint density at radius 1 is 1.30 bits per heavy atom. The molecule has 3 rings (SSSR count). The number of aromatic nitrogens is 4. The molecule has 2 atom stereocenters. The monoisotopic (exact) mass is 274 g/mol. The van der Waals surface area contributed by atoms with Crippen molar-refractivity contribution < 1.29 is 0 Å². The largest absolute Gasteiger partial charge is 0.350 e. The van der Waals surface area contributed by atoms with E-state index in [-0.39, 0.29) is 0 Å². The second kappa shape index (κ2) is 5.01. The number of imidazole rings is 1. The van der Waals surface area contributed by atoms with E-state index in [4.69, 9.17) is 0 Å². The fourth-order valence-electron chi connectivity index (χ4n) is 3.22. The van der Waals surface area contributed by atoms with Gasteiger partial charge in [-0.15, -0.1) is 0 Å². The number of hydrogen-bond donors (Lipinski definition) is 0. The Morgan fingerprint density at radius 2 is 2.10 bits per heavy atom. The van der Waals surface area contributed by atoms with Crippen LogP contribution in [0.1, 0.15) is 20.3 Å². The topological polar surface area (TPSA) is 50.1 Å². The molecule has 0 N–H and O–H groups in total. The number of nitrogens with zero attached hydrogens (tertiary/aromatic N) is 6. The molecule has 6 nitrogen and oxygen atoms in total. The van der Waals surface area contributed by atoms with Gasteiger partial charge in [0, 0.05) is 25.2 Å². The fourth-order valence-corrected chi connectivity index (χ4v) is 3.22. The zero-order valence-electron chi connectivity index (χ0n) is 12.6. The first-order valence-corrected chi connectivity index (χ1v) is 7.22. The lowest BCUT2D eigenvalue weighted by Gasteiger charge is -2.29. The van der Waals surface area contributed by atoms with Crippen LogP contribution in [0, 0.1) is 0 Å². The van der Waals surface area contributed by atoms with Crippen LogP contribution in [0.2, 0.25) is 0 Å². The quantitative estimate of drug-likeness (QED) is 0.846. The predicted octanol–water partition coefficient (Wildman–Crippen LogP) is 1.37. The first-order chi connectivity index (χ1) is 9.63. The lowest BCUT2D eigenvalue weighted by Crippen LogP contribution is -2.40. The van der Waals surface area contributed by atoms with E-state index in [0.717, 1.165) is 36.5 Å². The van der Waals surface area contributed by atoms with Crippen LogP contribution in [0.25, 0.3) is 11.2 Å². The van der Waals surface area contributed by atoms with Gasteiger partial charge in [-0.3, -0.25) is 0 Å². The number of rotatable bonds is 3. The van der Waals surface area contributed by atoms with Crippen LogP contribution in [-0.2, 0) is 6.54 Å². The van der Waals surface area contributed by atoms with E-state index in [0.29, 0.717) is 12.1 Å². The molecule has 108 valence electrons. The van der Waals surface area contributed by atoms with Crippen molar-refractivity contribution >= 4 is 17.0 Å². The Balaban J connectivity index is 2.01. The van der Waals surface area contributed by atoms with E-state index < -0.39 is 0 Å². The number of anilines is 1. The van der Waals surface area contributed by atoms with Crippen molar-refractivity contribution in [1.82, 2.24) is 24.4 Å². The molecule has 0 aromatic carbocycles. The molecular formula is C14H22N6. The van der Waals surface area contributed by atoms with E-state index in [1.54, 1.807) is 6.33 Å². The smallest absolute Gasteiger partial charge is 0.165 e. The van der Waals surface area contributed by atoms with Gasteiger partial charge in [-0.25, -0.2) is 15.0 Å². The van der Waals surface area contributed by atoms with E-state index in [2.05, 4.69) is 57.3 Å². The van der Waals surface area contributed by atoms with Gasteiger partial charge in [0.1, 0.15) is 6.33 Å². The maximum atomic E-state index is 4.52. The number of likely N-dealkylation sites (N-methyl/N-ethyl adjacent to an activating group) is 1. The van der Waals surface area contributed by atoms with Crippen molar-refractivity contribution in [3.8, 4) is 0 Å². The summed E-state index contributed by atoms with van der Waals surface area (Å²) in [5.74, 6) is 0.971. The Hall–Kier alpha value is -1.69. The van der Waals surface area contributed by atoms with Gasteiger partial charge in [-0.05, 0) is 34.4 Å². The van der Waals surface area contributed by atoms with Gasteiger partial charge in [-0.1, -0.05) is 0 Å². The molecule has 3 heterocycles. The molecule has 0 radical (unpaired) electrons. The Morgan fingerprint density at radius 3 is 2.75 bits per heavy atom. The third-order valence-electron chi connectivity index (χ3n) is 4.37. The summed E-state index contributed by atoms with van der Waals surface area (Å²) in [6.07, 6.45) is 4.67. The third kappa shape index (κ3) is 1.95. The molecular weight excluding hydrogens is 252 g/mol. The summed E-state index contributed by atoms with van der Waals surface area (Å²) in [5.41, 5.74) is 1.85. The second-order valence-corrected chi connectivity index (χ2v) is 5.65. The second-order valence-electron chi connectivity index (χ2n) is 5.65. The molecule has 0 bridgehead atoms. The van der Waals surface area contributed by atoms with Crippen LogP contribution < -0.4 is 4.90 Å². The highest BCUT2D eigenvalue weighted by Crippen LogP contribution is 2.30. The van der Waals surface area contributed by atoms with Gasteiger partial charge in [0.05, 0.1) is 6.33 Å². The maximum Gasteiger partial charge on any atom is 0.165 e. The minimum atomic E-state index is 0.440. The maximum absolute atomic E-state index is 4.52. The van der Waals surface area contributed by atoms with Crippen LogP contribution in [0.15, 0.2) is 12.7 Å². The Kier molecular flexibility index (Phi) is 3.33. The minimum absolute atomic E-state index is 0.440.